The van der Waals surface area contributed by atoms with Crippen LogP contribution in [0.25, 0.3) is 0 Å². The molecule has 1 fully saturated rings. The highest BCUT2D eigenvalue weighted by atomic mass is 16.7. The van der Waals surface area contributed by atoms with E-state index in [1.54, 1.807) is 30.3 Å². The topological polar surface area (TPSA) is 178 Å². The van der Waals surface area contributed by atoms with Crippen molar-refractivity contribution in [3.05, 3.63) is 59.7 Å². The molecular weight excluding hydrogens is 556 g/mol. The highest BCUT2D eigenvalue weighted by molar-refractivity contribution is 6.14. The summed E-state index contributed by atoms with van der Waals surface area (Å²) in [5.41, 5.74) is 0.196. The lowest BCUT2D eigenvalue weighted by Crippen LogP contribution is -2.63. The fourth-order valence-corrected chi connectivity index (χ4v) is 4.21. The number of phenolic OH excluding ortho intramolecular Hbond substituents is 1. The van der Waals surface area contributed by atoms with Gasteiger partial charge in [0.15, 0.2) is 23.8 Å². The number of ether oxygens (including phenoxy) is 6. The van der Waals surface area contributed by atoms with Gasteiger partial charge in [-0.2, -0.15) is 0 Å². The maximum absolute atomic E-state index is 12.7. The van der Waals surface area contributed by atoms with Crippen molar-refractivity contribution in [1.82, 2.24) is 0 Å². The number of rotatable bonds is 11. The molecule has 1 N–H and O–H groups in total. The molecule has 2 aromatic carbocycles. The van der Waals surface area contributed by atoms with E-state index in [1.807, 2.05) is 0 Å². The predicted octanol–water partition coefficient (Wildman–Crippen LogP) is 2.31. The molecule has 1 heterocycles. The molecule has 0 aliphatic carbocycles. The molecule has 13 heteroatoms. The van der Waals surface area contributed by atoms with Crippen molar-refractivity contribution >= 4 is 35.4 Å². The highest BCUT2D eigenvalue weighted by Gasteiger charge is 2.53. The van der Waals surface area contributed by atoms with Crippen molar-refractivity contribution in [2.75, 3.05) is 6.61 Å². The number of ketones is 2. The summed E-state index contributed by atoms with van der Waals surface area (Å²) in [6.45, 7) is 3.94. The SMILES string of the molecule is CC(=O)OC[C@H]1O[C@@H](Oc2ccc(C(=O)CC(=O)c3ccccc3)c(O)c2)[C@H](OC(C)=O)[C@@H](OC(C)=O)[C@@H]1OC(C)=O. The monoisotopic (exact) mass is 586 g/mol. The zero-order valence-corrected chi connectivity index (χ0v) is 23.3. The van der Waals surface area contributed by atoms with Crippen LogP contribution < -0.4 is 4.74 Å². The second kappa shape index (κ2) is 14.2. The van der Waals surface area contributed by atoms with Crippen LogP contribution in [0.1, 0.15) is 54.8 Å². The number of aromatic hydroxyl groups is 1. The van der Waals surface area contributed by atoms with E-state index in [4.69, 9.17) is 28.4 Å². The van der Waals surface area contributed by atoms with Crippen molar-refractivity contribution in [3.8, 4) is 11.5 Å². The molecule has 0 unspecified atom stereocenters. The third-order valence-corrected chi connectivity index (χ3v) is 5.89. The van der Waals surface area contributed by atoms with Crippen LogP contribution in [0.2, 0.25) is 0 Å². The van der Waals surface area contributed by atoms with Gasteiger partial charge in [-0.05, 0) is 12.1 Å². The summed E-state index contributed by atoms with van der Waals surface area (Å²) >= 11 is 0. The largest absolute Gasteiger partial charge is 0.507 e. The van der Waals surface area contributed by atoms with Gasteiger partial charge in [0, 0.05) is 39.3 Å². The minimum Gasteiger partial charge on any atom is -0.507 e. The first-order valence-electron chi connectivity index (χ1n) is 12.8. The molecule has 3 rings (SSSR count). The number of benzene rings is 2. The van der Waals surface area contributed by atoms with Gasteiger partial charge in [-0.25, -0.2) is 0 Å². The lowest BCUT2D eigenvalue weighted by Gasteiger charge is -2.43. The number of carbonyl (C=O) groups excluding carboxylic acids is 6. The van der Waals surface area contributed by atoms with Crippen molar-refractivity contribution < 1.29 is 62.3 Å². The standard InChI is InChI=1S/C29H30O13/c1-15(30)37-14-25-26(38-16(2)31)27(39-17(3)32)28(40-18(4)33)29(42-25)41-20-10-11-21(23(35)12-20)24(36)13-22(34)19-8-6-5-7-9-19/h5-12,25-29,35H,13-14H2,1-4H3/t25-,26-,27+,28-,29-/m1/s1. The number of Topliss-reactive ketones (excluding diaryl/α,β-unsaturated/α-hetero) is 2. The van der Waals surface area contributed by atoms with Crippen LogP contribution in [0.3, 0.4) is 0 Å². The Morgan fingerprint density at radius 3 is 1.90 bits per heavy atom. The summed E-state index contributed by atoms with van der Waals surface area (Å²) in [7, 11) is 0. The van der Waals surface area contributed by atoms with Crippen molar-refractivity contribution in [1.29, 1.82) is 0 Å². The molecule has 13 nitrogen and oxygen atoms in total. The molecule has 5 atom stereocenters. The second-order valence-corrected chi connectivity index (χ2v) is 9.25. The van der Waals surface area contributed by atoms with E-state index < -0.39 is 84.9 Å². The van der Waals surface area contributed by atoms with E-state index in [0.717, 1.165) is 33.8 Å². The van der Waals surface area contributed by atoms with E-state index in [0.29, 0.717) is 5.56 Å². The third kappa shape index (κ3) is 8.61. The van der Waals surface area contributed by atoms with Gasteiger partial charge >= 0.3 is 23.9 Å². The van der Waals surface area contributed by atoms with Crippen LogP contribution in [0.15, 0.2) is 48.5 Å². The first kappa shape index (κ1) is 31.7. The molecule has 2 aromatic rings. The van der Waals surface area contributed by atoms with Crippen molar-refractivity contribution in [2.45, 2.75) is 64.8 Å². The highest BCUT2D eigenvalue weighted by Crippen LogP contribution is 2.33. The van der Waals surface area contributed by atoms with Crippen LogP contribution in [0.5, 0.6) is 11.5 Å². The molecule has 0 spiro atoms. The molecule has 1 aliphatic rings. The lowest BCUT2D eigenvalue weighted by molar-refractivity contribution is -0.288. The quantitative estimate of drug-likeness (QED) is 0.176. The fourth-order valence-electron chi connectivity index (χ4n) is 4.21. The number of hydrogen-bond donors (Lipinski definition) is 1. The Bertz CT molecular complexity index is 1340. The Labute approximate surface area is 240 Å². The molecule has 1 aliphatic heterocycles. The fraction of sp³-hybridized carbons (Fsp3) is 0.379. The van der Waals surface area contributed by atoms with Gasteiger partial charge in [-0.3, -0.25) is 28.8 Å². The minimum absolute atomic E-state index is 0.0701. The predicted molar refractivity (Wildman–Crippen MR) is 140 cm³/mol. The van der Waals surface area contributed by atoms with E-state index >= 15 is 0 Å². The smallest absolute Gasteiger partial charge is 0.303 e. The summed E-state index contributed by atoms with van der Waals surface area (Å²) in [4.78, 5) is 72.4. The molecule has 0 aromatic heterocycles. The molecule has 0 radical (unpaired) electrons. The summed E-state index contributed by atoms with van der Waals surface area (Å²) in [5.74, 6) is -4.75. The van der Waals surface area contributed by atoms with Gasteiger partial charge in [-0.15, -0.1) is 0 Å². The Hall–Kier alpha value is -4.78. The number of phenols is 1. The Morgan fingerprint density at radius 1 is 0.738 bits per heavy atom. The minimum atomic E-state index is -1.54. The van der Waals surface area contributed by atoms with Crippen LogP contribution in [0, 0.1) is 0 Å². The van der Waals surface area contributed by atoms with E-state index in [-0.39, 0.29) is 11.3 Å². The zero-order chi connectivity index (χ0) is 31.0. The first-order chi connectivity index (χ1) is 19.8. The van der Waals surface area contributed by atoms with E-state index in [9.17, 15) is 33.9 Å². The molecule has 0 bridgehead atoms. The summed E-state index contributed by atoms with van der Waals surface area (Å²) in [5, 5.41) is 10.6. The number of hydrogen-bond acceptors (Lipinski definition) is 13. The van der Waals surface area contributed by atoms with Gasteiger partial charge < -0.3 is 33.5 Å². The van der Waals surface area contributed by atoms with Crippen LogP contribution in [-0.4, -0.2) is 77.9 Å². The van der Waals surface area contributed by atoms with Gasteiger partial charge in [0.2, 0.25) is 12.4 Å². The third-order valence-electron chi connectivity index (χ3n) is 5.89. The van der Waals surface area contributed by atoms with Gasteiger partial charge in [0.05, 0.1) is 12.0 Å². The zero-order valence-electron chi connectivity index (χ0n) is 23.3. The maximum atomic E-state index is 12.7. The van der Waals surface area contributed by atoms with Crippen LogP contribution >= 0.6 is 0 Å². The summed E-state index contributed by atoms with van der Waals surface area (Å²) < 4.78 is 32.7. The van der Waals surface area contributed by atoms with E-state index in [2.05, 4.69) is 0 Å². The summed E-state index contributed by atoms with van der Waals surface area (Å²) in [6.07, 6.45) is -7.57. The average Bonchev–Trinajstić information content (AvgIpc) is 2.90. The Kier molecular flexibility index (Phi) is 10.7. The molecule has 1 saturated heterocycles. The van der Waals surface area contributed by atoms with Crippen LogP contribution in [0.4, 0.5) is 0 Å². The molecule has 0 saturated carbocycles. The van der Waals surface area contributed by atoms with Gasteiger partial charge in [-0.1, -0.05) is 30.3 Å². The normalized spacial score (nSPS) is 21.4. The molecular formula is C29H30O13. The molecule has 224 valence electrons. The second-order valence-electron chi connectivity index (χ2n) is 9.25. The maximum Gasteiger partial charge on any atom is 0.303 e. The van der Waals surface area contributed by atoms with Gasteiger partial charge in [0.1, 0.15) is 24.2 Å². The Morgan fingerprint density at radius 2 is 1.33 bits per heavy atom. The van der Waals surface area contributed by atoms with Crippen LogP contribution in [-0.2, 0) is 42.9 Å². The summed E-state index contributed by atoms with van der Waals surface area (Å²) in [6, 6.07) is 11.8. The molecule has 42 heavy (non-hydrogen) atoms. The first-order valence-corrected chi connectivity index (χ1v) is 12.8. The Balaban J connectivity index is 1.89. The van der Waals surface area contributed by atoms with Gasteiger partial charge in [0.25, 0.3) is 0 Å². The van der Waals surface area contributed by atoms with Crippen molar-refractivity contribution in [2.24, 2.45) is 0 Å². The number of carbonyl (C=O) groups is 6. The molecule has 0 amide bonds. The lowest BCUT2D eigenvalue weighted by atomic mass is 9.98. The van der Waals surface area contributed by atoms with Crippen molar-refractivity contribution in [3.63, 3.8) is 0 Å². The number of esters is 4. The van der Waals surface area contributed by atoms with E-state index in [1.165, 1.54) is 12.1 Å². The average molecular weight is 587 g/mol.